The van der Waals surface area contributed by atoms with Crippen LogP contribution in [0.4, 0.5) is 14.5 Å². The highest BCUT2D eigenvalue weighted by atomic mass is 19.3. The molecule has 0 N–H and O–H groups in total. The van der Waals surface area contributed by atoms with Gasteiger partial charge in [0.05, 0.1) is 29.5 Å². The molecular weight excluding hydrogens is 452 g/mol. The van der Waals surface area contributed by atoms with E-state index in [1.54, 1.807) is 22.7 Å². The summed E-state index contributed by atoms with van der Waals surface area (Å²) in [5, 5.41) is 17.6. The maximum Gasteiger partial charge on any atom is 0.333 e. The van der Waals surface area contributed by atoms with Gasteiger partial charge < -0.3 is 9.80 Å². The van der Waals surface area contributed by atoms with Crippen LogP contribution in [0.25, 0.3) is 27.8 Å². The predicted octanol–water partition coefficient (Wildman–Crippen LogP) is 3.96. The third kappa shape index (κ3) is 3.91. The largest absolute Gasteiger partial charge is 0.367 e. The Bertz CT molecular complexity index is 1460. The van der Waals surface area contributed by atoms with Crippen molar-refractivity contribution in [3.05, 3.63) is 73.3 Å². The molecule has 0 saturated carbocycles. The summed E-state index contributed by atoms with van der Waals surface area (Å²) in [6, 6.07) is 12.0. The van der Waals surface area contributed by atoms with Gasteiger partial charge in [0.1, 0.15) is 6.07 Å². The summed E-state index contributed by atoms with van der Waals surface area (Å²) >= 11 is 0. The van der Waals surface area contributed by atoms with E-state index in [-0.39, 0.29) is 11.9 Å². The second-order valence-corrected chi connectivity index (χ2v) is 8.35. The molecule has 3 aromatic heterocycles. The highest BCUT2D eigenvalue weighted by Gasteiger charge is 2.31. The van der Waals surface area contributed by atoms with Gasteiger partial charge in [-0.15, -0.1) is 0 Å². The molecule has 176 valence electrons. The minimum atomic E-state index is -2.73. The Morgan fingerprint density at radius 2 is 1.91 bits per heavy atom. The highest BCUT2D eigenvalue weighted by molar-refractivity contribution is 5.88. The molecule has 1 aromatic carbocycles. The van der Waals surface area contributed by atoms with Gasteiger partial charge in [-0.3, -0.25) is 4.79 Å². The molecule has 4 heterocycles. The number of halogens is 2. The molecule has 1 saturated heterocycles. The van der Waals surface area contributed by atoms with Crippen LogP contribution in [0.5, 0.6) is 0 Å². The van der Waals surface area contributed by atoms with E-state index in [0.29, 0.717) is 26.9 Å². The number of anilines is 1. The number of hydrogen-bond donors (Lipinski definition) is 0. The number of pyridine rings is 1. The van der Waals surface area contributed by atoms with E-state index in [0.717, 1.165) is 29.9 Å². The molecule has 4 aromatic rings. The van der Waals surface area contributed by atoms with Crippen LogP contribution in [0.15, 0.2) is 67.8 Å². The summed E-state index contributed by atoms with van der Waals surface area (Å²) in [5.74, 6) is -0.0953. The Morgan fingerprint density at radius 1 is 1.17 bits per heavy atom. The van der Waals surface area contributed by atoms with Crippen LogP contribution in [0.2, 0.25) is 0 Å². The van der Waals surface area contributed by atoms with Crippen LogP contribution in [0.3, 0.4) is 0 Å². The molecule has 8 nitrogen and oxygen atoms in total. The number of likely N-dealkylation sites (N-methyl/N-ethyl adjacent to an activating group) is 1. The molecule has 1 aliphatic rings. The van der Waals surface area contributed by atoms with E-state index in [9.17, 15) is 18.8 Å². The first-order valence-electron chi connectivity index (χ1n) is 10.9. The number of amides is 1. The first-order valence-corrected chi connectivity index (χ1v) is 10.9. The number of fused-ring (bicyclic) bond motifs is 1. The average Bonchev–Trinajstić information content (AvgIpc) is 3.50. The Hall–Kier alpha value is -4.52. The fourth-order valence-corrected chi connectivity index (χ4v) is 4.26. The number of hydrogen-bond acceptors (Lipinski definition) is 5. The first-order chi connectivity index (χ1) is 16.9. The maximum atomic E-state index is 13.0. The number of carbonyl (C=O) groups excluding carboxylic acids is 1. The van der Waals surface area contributed by atoms with Crippen LogP contribution in [-0.2, 0) is 4.79 Å². The molecule has 0 aliphatic carbocycles. The monoisotopic (exact) mass is 473 g/mol. The number of alkyl halides is 2. The van der Waals surface area contributed by atoms with Crippen LogP contribution in [0.1, 0.15) is 12.1 Å². The van der Waals surface area contributed by atoms with Gasteiger partial charge in [0.2, 0.25) is 5.91 Å². The zero-order chi connectivity index (χ0) is 24.7. The van der Waals surface area contributed by atoms with Gasteiger partial charge in [0, 0.05) is 54.9 Å². The Morgan fingerprint density at radius 3 is 2.54 bits per heavy atom. The van der Waals surface area contributed by atoms with E-state index in [1.165, 1.54) is 24.7 Å². The number of carbonyl (C=O) groups is 1. The molecule has 0 spiro atoms. The topological polar surface area (TPSA) is 82.5 Å². The number of rotatable bonds is 6. The predicted molar refractivity (Wildman–Crippen MR) is 127 cm³/mol. The third-order valence-corrected chi connectivity index (χ3v) is 6.34. The van der Waals surface area contributed by atoms with Crippen molar-refractivity contribution in [1.82, 2.24) is 24.3 Å². The Kier molecular flexibility index (Phi) is 5.53. The molecule has 10 heteroatoms. The molecule has 1 aliphatic heterocycles. The molecule has 1 fully saturated rings. The Balaban J connectivity index is 1.47. The van der Waals surface area contributed by atoms with Crippen LogP contribution in [-0.4, -0.2) is 56.4 Å². The zero-order valence-electron chi connectivity index (χ0n) is 18.8. The van der Waals surface area contributed by atoms with Gasteiger partial charge in [-0.25, -0.2) is 9.20 Å². The molecule has 0 bridgehead atoms. The summed E-state index contributed by atoms with van der Waals surface area (Å²) in [5.41, 5.74) is 4.85. The van der Waals surface area contributed by atoms with Gasteiger partial charge in [-0.05, 0) is 29.8 Å². The molecule has 0 atom stereocenters. The van der Waals surface area contributed by atoms with E-state index in [1.807, 2.05) is 30.3 Å². The standard InChI is InChI=1S/C25H21F2N7O/c1-3-23(35)31(2)21-14-32(15-21)20-6-4-16(5-7-20)22-8-17(19-11-30-34(13-19)25(26)27)12-33-24(22)18(9-28)10-29-33/h3-8,10-13,21,25H,1,14-15H2,2H3. The van der Waals surface area contributed by atoms with E-state index < -0.39 is 6.55 Å². The molecule has 35 heavy (non-hydrogen) atoms. The van der Waals surface area contributed by atoms with Crippen molar-refractivity contribution in [2.45, 2.75) is 12.6 Å². The Labute approximate surface area is 199 Å². The fraction of sp³-hybridized carbons (Fsp3) is 0.200. The van der Waals surface area contributed by atoms with Gasteiger partial charge in [0.15, 0.2) is 0 Å². The number of nitrogens with zero attached hydrogens (tertiary/aromatic N) is 7. The zero-order valence-corrected chi connectivity index (χ0v) is 18.8. The van der Waals surface area contributed by atoms with Crippen LogP contribution in [0, 0.1) is 11.3 Å². The molecule has 1 amide bonds. The molecule has 5 rings (SSSR count). The third-order valence-electron chi connectivity index (χ3n) is 6.34. The van der Waals surface area contributed by atoms with Crippen LogP contribution >= 0.6 is 0 Å². The van der Waals surface area contributed by atoms with Gasteiger partial charge in [-0.2, -0.15) is 24.2 Å². The van der Waals surface area contributed by atoms with Gasteiger partial charge in [-0.1, -0.05) is 18.7 Å². The minimum Gasteiger partial charge on any atom is -0.367 e. The summed E-state index contributed by atoms with van der Waals surface area (Å²) in [6.07, 6.45) is 7.16. The lowest BCUT2D eigenvalue weighted by molar-refractivity contribution is -0.127. The van der Waals surface area contributed by atoms with Crippen molar-refractivity contribution in [3.8, 4) is 28.3 Å². The van der Waals surface area contributed by atoms with Crippen molar-refractivity contribution in [2.75, 3.05) is 25.0 Å². The lowest BCUT2D eigenvalue weighted by Crippen LogP contribution is -2.59. The van der Waals surface area contributed by atoms with Crippen molar-refractivity contribution < 1.29 is 13.6 Å². The first kappa shape index (κ1) is 22.3. The van der Waals surface area contributed by atoms with E-state index >= 15 is 0 Å². The smallest absolute Gasteiger partial charge is 0.333 e. The van der Waals surface area contributed by atoms with Crippen molar-refractivity contribution in [2.24, 2.45) is 0 Å². The SMILES string of the molecule is C=CC(=O)N(C)C1CN(c2ccc(-c3cc(-c4cnn(C(F)F)c4)cn4ncc(C#N)c34)cc2)C1. The van der Waals surface area contributed by atoms with Gasteiger partial charge >= 0.3 is 6.55 Å². The second kappa shape index (κ2) is 8.68. The quantitative estimate of drug-likeness (QED) is 0.396. The van der Waals surface area contributed by atoms with Gasteiger partial charge in [0.25, 0.3) is 0 Å². The van der Waals surface area contributed by atoms with Crippen molar-refractivity contribution in [1.29, 1.82) is 5.26 Å². The fourth-order valence-electron chi connectivity index (χ4n) is 4.26. The molecular formula is C25H21F2N7O. The number of aromatic nitrogens is 4. The normalized spacial score (nSPS) is 13.6. The number of benzene rings is 1. The average molecular weight is 473 g/mol. The summed E-state index contributed by atoms with van der Waals surface area (Å²) in [6.45, 7) is 2.26. The van der Waals surface area contributed by atoms with Crippen molar-refractivity contribution >= 4 is 17.1 Å². The van der Waals surface area contributed by atoms with Crippen molar-refractivity contribution in [3.63, 3.8) is 0 Å². The summed E-state index contributed by atoms with van der Waals surface area (Å²) < 4.78 is 28.2. The maximum absolute atomic E-state index is 13.0. The van der Waals surface area contributed by atoms with E-state index in [4.69, 9.17) is 0 Å². The number of nitriles is 1. The van der Waals surface area contributed by atoms with E-state index in [2.05, 4.69) is 27.7 Å². The summed E-state index contributed by atoms with van der Waals surface area (Å²) in [7, 11) is 1.77. The second-order valence-electron chi connectivity index (χ2n) is 8.35. The summed E-state index contributed by atoms with van der Waals surface area (Å²) in [4.78, 5) is 15.7. The lowest BCUT2D eigenvalue weighted by Gasteiger charge is -2.45. The van der Waals surface area contributed by atoms with Crippen LogP contribution < -0.4 is 4.90 Å². The lowest BCUT2D eigenvalue weighted by atomic mass is 9.99. The minimum absolute atomic E-state index is 0.0953. The molecule has 0 unspecified atom stereocenters. The molecule has 0 radical (unpaired) electrons. The highest BCUT2D eigenvalue weighted by Crippen LogP contribution is 2.34.